The molecule has 1 saturated heterocycles. The summed E-state index contributed by atoms with van der Waals surface area (Å²) in [6, 6.07) is 8.58. The van der Waals surface area contributed by atoms with E-state index in [9.17, 15) is 24.8 Å². The van der Waals surface area contributed by atoms with Crippen molar-refractivity contribution in [3.05, 3.63) is 62.3 Å². The summed E-state index contributed by atoms with van der Waals surface area (Å²) in [7, 11) is 0. The molecule has 1 aliphatic heterocycles. The maximum absolute atomic E-state index is 12.8. The van der Waals surface area contributed by atoms with E-state index in [-0.39, 0.29) is 18.8 Å². The Morgan fingerprint density at radius 1 is 1.32 bits per heavy atom. The maximum Gasteiger partial charge on any atom is 0.325 e. The Morgan fingerprint density at radius 3 is 2.64 bits per heavy atom. The van der Waals surface area contributed by atoms with E-state index in [0.29, 0.717) is 12.2 Å². The monoisotopic (exact) mass is 405 g/mol. The fourth-order valence-corrected chi connectivity index (χ4v) is 3.57. The molecule has 2 heterocycles. The summed E-state index contributed by atoms with van der Waals surface area (Å²) in [5, 5.41) is 25.4. The molecule has 1 aromatic carbocycles. The molecule has 3 rings (SSSR count). The van der Waals surface area contributed by atoms with E-state index >= 15 is 0 Å². The van der Waals surface area contributed by atoms with Crippen LogP contribution in [0.25, 0.3) is 0 Å². The van der Waals surface area contributed by atoms with E-state index in [1.54, 1.807) is 0 Å². The number of non-ortho nitro benzene ring substituents is 1. The van der Waals surface area contributed by atoms with Gasteiger partial charge < -0.3 is 15.2 Å². The Hall–Kier alpha value is -2.82. The third-order valence-corrected chi connectivity index (χ3v) is 5.31. The SMILES string of the molecule is C[C@]1(c2ccc([N+](=O)[O-])cc2)NC(=O)N(C[C@@H](O)COCc2cccs2)C1=O. The van der Waals surface area contributed by atoms with Crippen LogP contribution in [0.3, 0.4) is 0 Å². The van der Waals surface area contributed by atoms with Gasteiger partial charge in [0.2, 0.25) is 0 Å². The highest BCUT2D eigenvalue weighted by atomic mass is 32.1. The zero-order chi connectivity index (χ0) is 20.3. The van der Waals surface area contributed by atoms with Gasteiger partial charge >= 0.3 is 6.03 Å². The smallest absolute Gasteiger partial charge is 0.325 e. The molecule has 3 amide bonds. The zero-order valence-electron chi connectivity index (χ0n) is 15.0. The number of amides is 3. The van der Waals surface area contributed by atoms with E-state index in [1.807, 2.05) is 17.5 Å². The van der Waals surface area contributed by atoms with Gasteiger partial charge in [-0.05, 0) is 36.1 Å². The van der Waals surface area contributed by atoms with Crippen molar-refractivity contribution >= 4 is 29.0 Å². The Kier molecular flexibility index (Phi) is 5.73. The van der Waals surface area contributed by atoms with Crippen LogP contribution in [0.4, 0.5) is 10.5 Å². The number of urea groups is 1. The molecular formula is C18H19N3O6S. The van der Waals surface area contributed by atoms with Gasteiger partial charge in [-0.2, -0.15) is 0 Å². The second-order valence-electron chi connectivity index (χ2n) is 6.52. The van der Waals surface area contributed by atoms with Crippen molar-refractivity contribution in [2.75, 3.05) is 13.2 Å². The molecule has 0 spiro atoms. The summed E-state index contributed by atoms with van der Waals surface area (Å²) in [6.45, 7) is 1.63. The Balaban J connectivity index is 1.62. The van der Waals surface area contributed by atoms with E-state index in [2.05, 4.69) is 5.32 Å². The van der Waals surface area contributed by atoms with Crippen molar-refractivity contribution < 1.29 is 24.4 Å². The number of nitrogens with zero attached hydrogens (tertiary/aromatic N) is 2. The predicted molar refractivity (Wildman–Crippen MR) is 101 cm³/mol. The fourth-order valence-electron chi connectivity index (χ4n) is 2.93. The molecule has 1 fully saturated rings. The zero-order valence-corrected chi connectivity index (χ0v) is 15.8. The molecule has 148 valence electrons. The number of thiophene rings is 1. The Morgan fingerprint density at radius 2 is 2.04 bits per heavy atom. The molecule has 2 aromatic rings. The number of nitro benzene ring substituents is 1. The number of nitrogens with one attached hydrogen (secondary N) is 1. The Labute approximate surface area is 164 Å². The molecular weight excluding hydrogens is 386 g/mol. The molecule has 0 radical (unpaired) electrons. The van der Waals surface area contributed by atoms with Crippen LogP contribution in [0, 0.1) is 10.1 Å². The number of ether oxygens (including phenoxy) is 1. The van der Waals surface area contributed by atoms with Crippen LogP contribution < -0.4 is 5.32 Å². The first-order valence-corrected chi connectivity index (χ1v) is 9.36. The standard InChI is InChI=1S/C18H19N3O6S/c1-18(12-4-6-13(7-5-12)21(25)26)16(23)20(17(24)19-18)9-14(22)10-27-11-15-3-2-8-28-15/h2-8,14,22H,9-11H2,1H3,(H,19,24)/t14-,18-/m1/s1. The highest BCUT2D eigenvalue weighted by molar-refractivity contribution is 7.09. The third kappa shape index (κ3) is 4.03. The van der Waals surface area contributed by atoms with Gasteiger partial charge in [-0.1, -0.05) is 6.07 Å². The number of imide groups is 1. The van der Waals surface area contributed by atoms with Crippen molar-refractivity contribution in [2.45, 2.75) is 25.2 Å². The van der Waals surface area contributed by atoms with E-state index in [0.717, 1.165) is 9.78 Å². The first kappa shape index (κ1) is 19.9. The van der Waals surface area contributed by atoms with Crippen molar-refractivity contribution in [1.29, 1.82) is 0 Å². The summed E-state index contributed by atoms with van der Waals surface area (Å²) in [5.74, 6) is -0.538. The van der Waals surface area contributed by atoms with E-state index < -0.39 is 28.5 Å². The lowest BCUT2D eigenvalue weighted by molar-refractivity contribution is -0.384. The second kappa shape index (κ2) is 8.05. The van der Waals surface area contributed by atoms with E-state index in [4.69, 9.17) is 4.74 Å². The number of rotatable bonds is 8. The number of benzene rings is 1. The number of carbonyl (C=O) groups excluding carboxylic acids is 2. The molecule has 2 N–H and O–H groups in total. The van der Waals surface area contributed by atoms with Crippen molar-refractivity contribution in [2.24, 2.45) is 0 Å². The average Bonchev–Trinajstić information content (AvgIpc) is 3.25. The number of carbonyl (C=O) groups is 2. The molecule has 10 heteroatoms. The summed E-state index contributed by atoms with van der Waals surface area (Å²) >= 11 is 1.53. The lowest BCUT2D eigenvalue weighted by Crippen LogP contribution is -2.42. The molecule has 9 nitrogen and oxygen atoms in total. The van der Waals surface area contributed by atoms with Gasteiger partial charge in [-0.3, -0.25) is 19.8 Å². The van der Waals surface area contributed by atoms with Crippen LogP contribution in [-0.2, 0) is 21.7 Å². The largest absolute Gasteiger partial charge is 0.389 e. The molecule has 28 heavy (non-hydrogen) atoms. The minimum absolute atomic E-state index is 0.0246. The van der Waals surface area contributed by atoms with Crippen LogP contribution >= 0.6 is 11.3 Å². The van der Waals surface area contributed by atoms with Crippen LogP contribution in [0.1, 0.15) is 17.4 Å². The lowest BCUT2D eigenvalue weighted by Gasteiger charge is -2.23. The second-order valence-corrected chi connectivity index (χ2v) is 7.56. The van der Waals surface area contributed by atoms with Gasteiger partial charge in [0.15, 0.2) is 0 Å². The summed E-state index contributed by atoms with van der Waals surface area (Å²) in [4.78, 5) is 37.3. The number of hydrogen-bond donors (Lipinski definition) is 2. The molecule has 1 aromatic heterocycles. The third-order valence-electron chi connectivity index (χ3n) is 4.46. The molecule has 0 aliphatic carbocycles. The number of hydrogen-bond acceptors (Lipinski definition) is 7. The van der Waals surface area contributed by atoms with Crippen molar-refractivity contribution in [1.82, 2.24) is 10.2 Å². The van der Waals surface area contributed by atoms with Crippen LogP contribution in [0.5, 0.6) is 0 Å². The summed E-state index contributed by atoms with van der Waals surface area (Å²) < 4.78 is 5.42. The minimum atomic E-state index is -1.36. The van der Waals surface area contributed by atoms with Gasteiger partial charge in [-0.25, -0.2) is 4.79 Å². The van der Waals surface area contributed by atoms with Crippen molar-refractivity contribution in [3.63, 3.8) is 0 Å². The van der Waals surface area contributed by atoms with E-state index in [1.165, 1.54) is 42.5 Å². The molecule has 1 aliphatic rings. The predicted octanol–water partition coefficient (Wildman–Crippen LogP) is 2.00. The Bertz CT molecular complexity index is 870. The minimum Gasteiger partial charge on any atom is -0.389 e. The maximum atomic E-state index is 12.8. The fraction of sp³-hybridized carbons (Fsp3) is 0.333. The lowest BCUT2D eigenvalue weighted by atomic mass is 9.92. The normalized spacial score (nSPS) is 20.3. The highest BCUT2D eigenvalue weighted by Gasteiger charge is 2.49. The molecule has 0 saturated carbocycles. The molecule has 0 bridgehead atoms. The van der Waals surface area contributed by atoms with Crippen LogP contribution in [-0.4, -0.2) is 46.1 Å². The van der Waals surface area contributed by atoms with Gasteiger partial charge in [0.25, 0.3) is 11.6 Å². The number of β-amino-alcohol motifs (C(OH)–C–C–N with tert-alkyl or cyclic N) is 1. The number of aliphatic hydroxyl groups is 1. The first-order chi connectivity index (χ1) is 13.3. The van der Waals surface area contributed by atoms with Gasteiger partial charge in [0.1, 0.15) is 5.54 Å². The topological polar surface area (TPSA) is 122 Å². The van der Waals surface area contributed by atoms with Crippen LogP contribution in [0.2, 0.25) is 0 Å². The average molecular weight is 405 g/mol. The quantitative estimate of drug-likeness (QED) is 0.393. The van der Waals surface area contributed by atoms with Gasteiger partial charge in [-0.15, -0.1) is 11.3 Å². The number of aliphatic hydroxyl groups excluding tert-OH is 1. The van der Waals surface area contributed by atoms with Crippen LogP contribution in [0.15, 0.2) is 41.8 Å². The van der Waals surface area contributed by atoms with Crippen molar-refractivity contribution in [3.8, 4) is 0 Å². The number of nitro groups is 1. The molecule has 2 atom stereocenters. The van der Waals surface area contributed by atoms with Gasteiger partial charge in [0, 0.05) is 17.0 Å². The van der Waals surface area contributed by atoms with Gasteiger partial charge in [0.05, 0.1) is 30.8 Å². The molecule has 0 unspecified atom stereocenters. The first-order valence-electron chi connectivity index (χ1n) is 8.48. The highest BCUT2D eigenvalue weighted by Crippen LogP contribution is 2.30. The summed E-state index contributed by atoms with van der Waals surface area (Å²) in [6.07, 6.45) is -1.03. The summed E-state index contributed by atoms with van der Waals surface area (Å²) in [5.41, 5.74) is -1.05.